The average Bonchev–Trinajstić information content (AvgIpc) is 2.55. The molecule has 0 unspecified atom stereocenters. The summed E-state index contributed by atoms with van der Waals surface area (Å²) in [5, 5.41) is 27.9. The van der Waals surface area contributed by atoms with Crippen molar-refractivity contribution in [3.8, 4) is 18.0 Å². The van der Waals surface area contributed by atoms with Crippen molar-refractivity contribution in [3.05, 3.63) is 40.0 Å². The number of nitrogens with one attached hydrogen (secondary N) is 2. The van der Waals surface area contributed by atoms with Gasteiger partial charge >= 0.3 is 0 Å². The molecule has 1 heterocycles. The van der Waals surface area contributed by atoms with Gasteiger partial charge in [0.25, 0.3) is 0 Å². The molecule has 0 aliphatic carbocycles. The summed E-state index contributed by atoms with van der Waals surface area (Å²) in [6.07, 6.45) is 0. The van der Waals surface area contributed by atoms with E-state index in [9.17, 15) is 10.5 Å². The molecule has 0 bridgehead atoms. The first-order chi connectivity index (χ1) is 11.8. The number of hydrogen-bond acceptors (Lipinski definition) is 6. The van der Waals surface area contributed by atoms with E-state index in [1.807, 2.05) is 18.2 Å². The molecule has 2 rings (SSSR count). The van der Waals surface area contributed by atoms with Gasteiger partial charge in [0, 0.05) is 10.6 Å². The number of nitrogens with zero attached hydrogens (tertiary/aromatic N) is 2. The summed E-state index contributed by atoms with van der Waals surface area (Å²) < 4.78 is 5.63. The van der Waals surface area contributed by atoms with E-state index in [4.69, 9.17) is 22.1 Å². The molecule has 25 heavy (non-hydrogen) atoms. The number of anilines is 2. The maximum atomic E-state index is 9.50. The molecule has 0 radical (unpaired) electrons. The van der Waals surface area contributed by atoms with Crippen molar-refractivity contribution < 1.29 is 4.74 Å². The summed E-state index contributed by atoms with van der Waals surface area (Å²) in [6.45, 7) is 2.15. The van der Waals surface area contributed by atoms with E-state index in [1.165, 1.54) is 0 Å². The second-order valence-corrected chi connectivity index (χ2v) is 7.93. The topological polar surface area (TPSA) is 111 Å². The molecule has 4 N–H and O–H groups in total. The molecular weight excluding hydrogens is 354 g/mol. The molecule has 0 saturated heterocycles. The van der Waals surface area contributed by atoms with Gasteiger partial charge in [-0.15, -0.1) is 9.39 Å². The standard InChI is InChI=1S/C17H17N5OS2/c1-4-23-16-13(9-18)15(14(10-19)17(24)22-16)21-11-5-7-12(8-6-11)25(2,3)20/h5-8H,2-4,20H2,1H3,(H2,21,22,24). The molecule has 0 atom stereocenters. The molecule has 0 fully saturated rings. The average molecular weight is 371 g/mol. The summed E-state index contributed by atoms with van der Waals surface area (Å²) in [4.78, 5) is 3.61. The Morgan fingerprint density at radius 3 is 2.32 bits per heavy atom. The fourth-order valence-electron chi connectivity index (χ4n) is 2.12. The fraction of sp³-hybridized carbons (Fsp3) is 0.118. The number of pyridine rings is 1. The van der Waals surface area contributed by atoms with Crippen LogP contribution < -0.4 is 15.2 Å². The Morgan fingerprint density at radius 2 is 1.84 bits per heavy atom. The highest BCUT2D eigenvalue weighted by Crippen LogP contribution is 2.32. The van der Waals surface area contributed by atoms with Crippen LogP contribution in [0.15, 0.2) is 29.2 Å². The van der Waals surface area contributed by atoms with Crippen LogP contribution >= 0.6 is 21.6 Å². The van der Waals surface area contributed by atoms with Gasteiger partial charge in [-0.25, -0.2) is 0 Å². The first kappa shape index (κ1) is 18.6. The smallest absolute Gasteiger partial charge is 0.212 e. The van der Waals surface area contributed by atoms with E-state index in [-0.39, 0.29) is 21.6 Å². The largest absolute Gasteiger partial charge is 0.478 e. The maximum Gasteiger partial charge on any atom is 0.212 e. The highest BCUT2D eigenvalue weighted by atomic mass is 32.2. The first-order valence-electron chi connectivity index (χ1n) is 7.19. The monoisotopic (exact) mass is 371 g/mol. The van der Waals surface area contributed by atoms with Crippen molar-refractivity contribution in [2.45, 2.75) is 11.8 Å². The van der Waals surface area contributed by atoms with Gasteiger partial charge in [-0.3, -0.25) is 5.14 Å². The summed E-state index contributed by atoms with van der Waals surface area (Å²) in [5.41, 5.74) is 1.33. The lowest BCUT2D eigenvalue weighted by Gasteiger charge is -2.15. The molecule has 6 nitrogen and oxygen atoms in total. The van der Waals surface area contributed by atoms with Crippen molar-refractivity contribution >= 4 is 44.7 Å². The molecule has 0 aliphatic heterocycles. The van der Waals surface area contributed by atoms with Crippen LogP contribution in [0.3, 0.4) is 0 Å². The summed E-state index contributed by atoms with van der Waals surface area (Å²) >= 11 is 5.20. The zero-order valence-corrected chi connectivity index (χ0v) is 15.3. The van der Waals surface area contributed by atoms with Gasteiger partial charge in [0.15, 0.2) is 0 Å². The molecule has 8 heteroatoms. The second kappa shape index (κ2) is 7.41. The molecule has 0 saturated carbocycles. The molecule has 0 aliphatic rings. The minimum atomic E-state index is -1.81. The third-order valence-corrected chi connectivity index (χ3v) is 4.80. The van der Waals surface area contributed by atoms with Crippen molar-refractivity contribution in [3.63, 3.8) is 0 Å². The molecule has 0 amide bonds. The Bertz CT molecular complexity index is 1040. The van der Waals surface area contributed by atoms with E-state index < -0.39 is 9.39 Å². The highest BCUT2D eigenvalue weighted by molar-refractivity contribution is 8.26. The SMILES string of the molecule is C=S(=C)(N)c1ccc(Nc2c(C#N)c(OCC)[nH]c(=S)c2C#N)cc1. The highest BCUT2D eigenvalue weighted by Gasteiger charge is 2.17. The number of benzene rings is 1. The van der Waals surface area contributed by atoms with Crippen LogP contribution in [0.1, 0.15) is 18.1 Å². The zero-order valence-electron chi connectivity index (χ0n) is 13.6. The van der Waals surface area contributed by atoms with Gasteiger partial charge < -0.3 is 15.0 Å². The lowest BCUT2D eigenvalue weighted by Crippen LogP contribution is -2.05. The summed E-state index contributed by atoms with van der Waals surface area (Å²) in [6, 6.07) is 11.3. The Hall–Kier alpha value is -2.78. The van der Waals surface area contributed by atoms with Crippen LogP contribution in [0.4, 0.5) is 11.4 Å². The third kappa shape index (κ3) is 4.01. The van der Waals surface area contributed by atoms with Crippen molar-refractivity contribution in [2.75, 3.05) is 11.9 Å². The van der Waals surface area contributed by atoms with Crippen LogP contribution in [0.5, 0.6) is 5.88 Å². The van der Waals surface area contributed by atoms with Crippen LogP contribution in [0.2, 0.25) is 0 Å². The number of nitriles is 2. The van der Waals surface area contributed by atoms with Crippen molar-refractivity contribution in [2.24, 2.45) is 5.14 Å². The molecule has 2 aromatic rings. The summed E-state index contributed by atoms with van der Waals surface area (Å²) in [7, 11) is -1.81. The van der Waals surface area contributed by atoms with Gasteiger partial charge in [0.1, 0.15) is 27.9 Å². The van der Waals surface area contributed by atoms with E-state index in [0.29, 0.717) is 18.0 Å². The Kier molecular flexibility index (Phi) is 5.50. The van der Waals surface area contributed by atoms with Gasteiger partial charge in [0.05, 0.1) is 12.3 Å². The number of aromatic amines is 1. The van der Waals surface area contributed by atoms with E-state index in [0.717, 1.165) is 4.90 Å². The van der Waals surface area contributed by atoms with Crippen molar-refractivity contribution in [1.29, 1.82) is 10.5 Å². The molecule has 1 aromatic heterocycles. The number of ether oxygens (including phenoxy) is 1. The third-order valence-electron chi connectivity index (χ3n) is 3.29. The van der Waals surface area contributed by atoms with Gasteiger partial charge in [0.2, 0.25) is 5.88 Å². The van der Waals surface area contributed by atoms with Crippen LogP contribution in [-0.4, -0.2) is 23.3 Å². The Balaban J connectivity index is 2.57. The number of nitrogens with two attached hydrogens (primary N) is 1. The molecule has 1 aromatic carbocycles. The normalized spacial score (nSPS) is 10.6. The Morgan fingerprint density at radius 1 is 1.24 bits per heavy atom. The molecule has 0 spiro atoms. The number of H-pyrrole nitrogens is 1. The van der Waals surface area contributed by atoms with Crippen LogP contribution in [-0.2, 0) is 0 Å². The zero-order chi connectivity index (χ0) is 18.6. The van der Waals surface area contributed by atoms with Crippen molar-refractivity contribution in [1.82, 2.24) is 4.98 Å². The quantitative estimate of drug-likeness (QED) is 0.693. The van der Waals surface area contributed by atoms with Crippen LogP contribution in [0, 0.1) is 27.3 Å². The van der Waals surface area contributed by atoms with Gasteiger partial charge in [-0.2, -0.15) is 10.5 Å². The predicted octanol–water partition coefficient (Wildman–Crippen LogP) is 3.53. The van der Waals surface area contributed by atoms with Crippen LogP contribution in [0.25, 0.3) is 0 Å². The minimum absolute atomic E-state index is 0.173. The summed E-state index contributed by atoms with van der Waals surface area (Å²) in [5.74, 6) is 7.95. The Labute approximate surface area is 152 Å². The first-order valence-corrected chi connectivity index (χ1v) is 9.63. The minimum Gasteiger partial charge on any atom is -0.478 e. The number of aromatic nitrogens is 1. The van der Waals surface area contributed by atoms with Gasteiger partial charge in [-0.1, -0.05) is 24.0 Å². The van der Waals surface area contributed by atoms with E-state index >= 15 is 0 Å². The van der Waals surface area contributed by atoms with E-state index in [1.54, 1.807) is 19.1 Å². The number of hydrogen-bond donors (Lipinski definition) is 3. The molecular formula is C17H17N5OS2. The lowest BCUT2D eigenvalue weighted by molar-refractivity contribution is 0.325. The number of rotatable bonds is 5. The fourth-order valence-corrected chi connectivity index (χ4v) is 3.04. The van der Waals surface area contributed by atoms with E-state index in [2.05, 4.69) is 28.1 Å². The molecule has 128 valence electrons. The second-order valence-electron chi connectivity index (χ2n) is 5.16. The lowest BCUT2D eigenvalue weighted by atomic mass is 10.1. The maximum absolute atomic E-state index is 9.50. The van der Waals surface area contributed by atoms with Gasteiger partial charge in [-0.05, 0) is 31.2 Å². The predicted molar refractivity (Wildman–Crippen MR) is 106 cm³/mol.